The Bertz CT molecular complexity index is 3800. The summed E-state index contributed by atoms with van der Waals surface area (Å²) in [6, 6.07) is 20.2. The number of rotatable bonds is 6. The number of benzene rings is 4. The van der Waals surface area contributed by atoms with E-state index < -0.39 is 0 Å². The molecule has 0 saturated carbocycles. The Morgan fingerprint density at radius 1 is 0.558 bits per heavy atom. The smallest absolute Gasteiger partial charge is 0.373 e. The summed E-state index contributed by atoms with van der Waals surface area (Å²) in [4.78, 5) is 53.1. The van der Waals surface area contributed by atoms with E-state index in [4.69, 9.17) is 71.9 Å². The maximum Gasteiger partial charge on any atom is 0.373 e. The van der Waals surface area contributed by atoms with Crippen molar-refractivity contribution in [1.29, 1.82) is 0 Å². The zero-order valence-electron chi connectivity index (χ0n) is 54.9. The number of ether oxygens (including phenoxy) is 9. The lowest BCUT2D eigenvalue weighted by atomic mass is 9.96. The average molecular weight is 1370 g/mol. The van der Waals surface area contributed by atoms with Gasteiger partial charge in [-0.1, -0.05) is 15.9 Å². The van der Waals surface area contributed by atoms with E-state index in [9.17, 15) is 14.4 Å². The van der Waals surface area contributed by atoms with Crippen molar-refractivity contribution in [3.05, 3.63) is 162 Å². The van der Waals surface area contributed by atoms with Gasteiger partial charge in [-0.2, -0.15) is 9.59 Å². The van der Waals surface area contributed by atoms with Gasteiger partial charge in [-0.15, -0.1) is 0 Å². The normalized spacial score (nSPS) is 17.8. The molecule has 8 aliphatic heterocycles. The molecule has 0 saturated heterocycles. The molecule has 0 radical (unpaired) electrons. The molecule has 506 valence electrons. The molecule has 0 fully saturated rings. The van der Waals surface area contributed by atoms with Crippen LogP contribution in [0, 0.1) is 20.8 Å². The first kappa shape index (κ1) is 70.8. The van der Waals surface area contributed by atoms with Crippen LogP contribution in [0.15, 0.2) is 97.5 Å². The van der Waals surface area contributed by atoms with E-state index in [0.29, 0.717) is 50.1 Å². The zero-order valence-corrected chi connectivity index (χ0v) is 56.5. The van der Waals surface area contributed by atoms with Crippen molar-refractivity contribution < 1.29 is 85.1 Å². The van der Waals surface area contributed by atoms with Crippen molar-refractivity contribution in [3.63, 3.8) is 0 Å². The Balaban J connectivity index is 0.000000142. The summed E-state index contributed by atoms with van der Waals surface area (Å²) in [5.74, 6) is 10.8. The topological polar surface area (TPSA) is 268 Å². The summed E-state index contributed by atoms with van der Waals surface area (Å²) in [6.07, 6.45) is 15.8. The van der Waals surface area contributed by atoms with E-state index >= 15 is 0 Å². The molecule has 8 aliphatic rings. The highest BCUT2D eigenvalue weighted by Crippen LogP contribution is 2.40. The number of carbonyl (C=O) groups excluding carboxylic acids is 5. The molecular formula is C73H86BrN4O17+. The second kappa shape index (κ2) is 35.3. The summed E-state index contributed by atoms with van der Waals surface area (Å²) in [5, 5.41) is 15.4. The number of aliphatic hydroxyl groups is 1. The molecule has 21 nitrogen and oxygen atoms in total. The van der Waals surface area contributed by atoms with Gasteiger partial charge < -0.3 is 72.9 Å². The number of nitrogens with one attached hydrogen (secondary N) is 2. The van der Waals surface area contributed by atoms with Crippen LogP contribution in [0.5, 0.6) is 46.0 Å². The standard InChI is InChI=1S/C18H20NO4.C18H21NO4.C18H21NO3.C9H10BrNO2.C9H14O2.CO2/c1-21-16-10-14-3-2-5-19(14)6-4-12-8-17-18(23-11-22-17)9-13(12)7-15(16)20;1-12-7-15(20)3-2-5-19-6-4-13-9-17-18(23-11-22-17)10-14(13)8-16(12)21;1-12-7-15-3-2-5-19-6-4-13-8-17-18(21-11-20-17)10-14(13)9-16(12)22-15;10-7-4-9-8(12-5-13-9)3-6(7)1-2-11;1-7-6-9(4-3-5-10)11-8(7)2;2-1-3/h8-10H,2-7,11H2,1H3;7,9-10,19H,2-6,8,11H2,1H3;7-8,10,19H,2-6,9,11H2,1H3;3-4H,1-2,5,11H2;6,10H,3-5H2,1-2H3;/q+1;;;;;/b16-10+;12-7-;;;;. The first-order valence-electron chi connectivity index (χ1n) is 32.5. The Kier molecular flexibility index (Phi) is 26.3. The van der Waals surface area contributed by atoms with Crippen LogP contribution < -0.4 is 54.3 Å². The van der Waals surface area contributed by atoms with Gasteiger partial charge in [0.2, 0.25) is 33.0 Å². The number of ketones is 3. The molecule has 2 bridgehead atoms. The quantitative estimate of drug-likeness (QED) is 0.113. The van der Waals surface area contributed by atoms with Crippen molar-refractivity contribution in [3.8, 4) is 46.0 Å². The largest absolute Gasteiger partial charge is 0.493 e. The van der Waals surface area contributed by atoms with Gasteiger partial charge in [0.15, 0.2) is 69.0 Å². The molecule has 4 aromatic carbocycles. The number of carbonyl (C=O) groups is 3. The minimum absolute atomic E-state index is 0.00821. The first-order chi connectivity index (χ1) is 46.1. The van der Waals surface area contributed by atoms with Crippen LogP contribution in [0.4, 0.5) is 0 Å². The molecule has 0 amide bonds. The minimum atomic E-state index is -0.0225. The van der Waals surface area contributed by atoms with Crippen LogP contribution in [0.1, 0.15) is 119 Å². The number of nitrogens with two attached hydrogens (primary N) is 1. The van der Waals surface area contributed by atoms with Crippen LogP contribution in [0.25, 0.3) is 0 Å². The third-order valence-corrected chi connectivity index (χ3v) is 17.9. The molecule has 95 heavy (non-hydrogen) atoms. The summed E-state index contributed by atoms with van der Waals surface area (Å²) < 4.78 is 63.6. The monoisotopic (exact) mass is 1370 g/mol. The number of methoxy groups -OCH3 is 1. The maximum absolute atomic E-state index is 12.6. The van der Waals surface area contributed by atoms with Gasteiger partial charge in [0.25, 0.3) is 0 Å². The number of Topliss-reactive ketones (excluding diaryl/α,β-unsaturated/α-hetero) is 2. The second-order valence-electron chi connectivity index (χ2n) is 23.9. The molecular weight excluding hydrogens is 1280 g/mol. The van der Waals surface area contributed by atoms with E-state index in [2.05, 4.69) is 56.3 Å². The first-order valence-corrected chi connectivity index (χ1v) is 33.2. The molecule has 2 aromatic heterocycles. The molecule has 0 atom stereocenters. The van der Waals surface area contributed by atoms with Gasteiger partial charge in [-0.3, -0.25) is 14.4 Å². The molecule has 5 N–H and O–H groups in total. The number of fused-ring (bicyclic) bond motifs is 9. The van der Waals surface area contributed by atoms with Crippen LogP contribution in [0.3, 0.4) is 0 Å². The number of furan rings is 2. The lowest BCUT2D eigenvalue weighted by Crippen LogP contribution is -2.21. The van der Waals surface area contributed by atoms with Crippen molar-refractivity contribution in [2.45, 2.75) is 124 Å². The summed E-state index contributed by atoms with van der Waals surface area (Å²) in [7, 11) is 1.57. The lowest BCUT2D eigenvalue weighted by molar-refractivity contribution is -0.518. The highest BCUT2D eigenvalue weighted by molar-refractivity contribution is 9.10. The molecule has 6 aromatic rings. The van der Waals surface area contributed by atoms with Crippen LogP contribution >= 0.6 is 15.9 Å². The number of allylic oxidation sites excluding steroid dienone is 4. The highest BCUT2D eigenvalue weighted by atomic mass is 79.9. The SMILES string of the molecule is C/C1=C/C(=O)CCCNCCc2cc3c(cc2CC1=O)OCO3.CO/C1=C/C2=[N+](CCC2)CCc2cc3c(cc2CC1=O)OCO3.Cc1cc(CCCO)oc1C.Cc1cc2oc1Cc1cc3c(cc1CCNCCC2)OCO3.NCCc1cc2c(cc1Br)OCO2.O=C=O. The van der Waals surface area contributed by atoms with Gasteiger partial charge in [0.05, 0.1) is 13.2 Å². The summed E-state index contributed by atoms with van der Waals surface area (Å²) in [5.41, 5.74) is 17.6. The van der Waals surface area contributed by atoms with E-state index in [1.165, 1.54) is 34.0 Å². The van der Waals surface area contributed by atoms with Crippen LogP contribution in [0.2, 0.25) is 0 Å². The molecule has 0 unspecified atom stereocenters. The number of halogens is 1. The van der Waals surface area contributed by atoms with Crippen molar-refractivity contribution >= 4 is 45.1 Å². The zero-order chi connectivity index (χ0) is 67.2. The number of aryl methyl sites for hydroxylation is 5. The number of aliphatic hydroxyl groups excluding tert-OH is 1. The van der Waals surface area contributed by atoms with Gasteiger partial charge >= 0.3 is 6.15 Å². The van der Waals surface area contributed by atoms with E-state index in [1.54, 1.807) is 14.0 Å². The summed E-state index contributed by atoms with van der Waals surface area (Å²) >= 11 is 3.46. The molecule has 0 spiro atoms. The minimum Gasteiger partial charge on any atom is -0.493 e. The predicted molar refractivity (Wildman–Crippen MR) is 355 cm³/mol. The Morgan fingerprint density at radius 2 is 1.07 bits per heavy atom. The Labute approximate surface area is 562 Å². The molecule has 14 rings (SSSR count). The van der Waals surface area contributed by atoms with Crippen LogP contribution in [-0.2, 0) is 86.5 Å². The average Bonchev–Trinajstić information content (AvgIpc) is 1.85. The maximum atomic E-state index is 12.6. The van der Waals surface area contributed by atoms with E-state index in [0.717, 1.165) is 212 Å². The number of hydrogen-bond acceptors (Lipinski definition) is 20. The highest BCUT2D eigenvalue weighted by Gasteiger charge is 2.28. The molecule has 22 heteroatoms. The predicted octanol–water partition coefficient (Wildman–Crippen LogP) is 9.73. The van der Waals surface area contributed by atoms with Gasteiger partial charge in [-0.25, -0.2) is 4.58 Å². The third-order valence-electron chi connectivity index (χ3n) is 17.2. The van der Waals surface area contributed by atoms with E-state index in [-0.39, 0.29) is 50.1 Å². The number of nitrogens with zero attached hydrogens (tertiary/aromatic N) is 1. The summed E-state index contributed by atoms with van der Waals surface area (Å²) in [6.45, 7) is 15.4. The van der Waals surface area contributed by atoms with Gasteiger partial charge in [-0.05, 0) is 221 Å². The fraction of sp³-hybridized carbons (Fsp3) is 0.438. The lowest BCUT2D eigenvalue weighted by Gasteiger charge is -2.13. The third kappa shape index (κ3) is 19.8. The van der Waals surface area contributed by atoms with Crippen LogP contribution in [-0.4, -0.2) is 126 Å². The van der Waals surface area contributed by atoms with Crippen molar-refractivity contribution in [2.24, 2.45) is 5.73 Å². The van der Waals surface area contributed by atoms with Gasteiger partial charge in [0, 0.05) is 68.9 Å². The Morgan fingerprint density at radius 3 is 1.61 bits per heavy atom. The second-order valence-corrected chi connectivity index (χ2v) is 24.7. The molecule has 10 heterocycles. The number of hydrogen-bond donors (Lipinski definition) is 4. The van der Waals surface area contributed by atoms with Crippen molar-refractivity contribution in [1.82, 2.24) is 10.6 Å². The fourth-order valence-corrected chi connectivity index (χ4v) is 12.5. The Hall–Kier alpha value is -8.50. The van der Waals surface area contributed by atoms with E-state index in [1.807, 2.05) is 62.4 Å². The fourth-order valence-electron chi connectivity index (χ4n) is 11.9. The van der Waals surface area contributed by atoms with Crippen molar-refractivity contribution in [2.75, 3.05) is 86.7 Å². The molecule has 0 aliphatic carbocycles. The van der Waals surface area contributed by atoms with Gasteiger partial charge in [0.1, 0.15) is 36.1 Å².